The lowest BCUT2D eigenvalue weighted by Gasteiger charge is -2.09. The third kappa shape index (κ3) is 2.98. The van der Waals surface area contributed by atoms with E-state index in [9.17, 15) is 0 Å². The van der Waals surface area contributed by atoms with Crippen LogP contribution in [0.3, 0.4) is 0 Å². The van der Waals surface area contributed by atoms with Crippen LogP contribution in [0.2, 0.25) is 0 Å². The monoisotopic (exact) mass is 315 g/mol. The van der Waals surface area contributed by atoms with Crippen LogP contribution in [0.25, 0.3) is 0 Å². The van der Waals surface area contributed by atoms with Crippen molar-refractivity contribution < 1.29 is 4.74 Å². The van der Waals surface area contributed by atoms with Crippen LogP contribution >= 0.6 is 27.5 Å². The average molecular weight is 317 g/mol. The summed E-state index contributed by atoms with van der Waals surface area (Å²) in [7, 11) is 1.83. The Morgan fingerprint density at radius 1 is 1.47 bits per heavy atom. The number of alkyl halides is 1. The molecule has 0 bridgehead atoms. The maximum atomic E-state index is 5.86. The fraction of sp³-hybridized carbons (Fsp3) is 0.273. The highest BCUT2D eigenvalue weighted by Crippen LogP contribution is 2.25. The van der Waals surface area contributed by atoms with Gasteiger partial charge in [-0.25, -0.2) is 4.98 Å². The van der Waals surface area contributed by atoms with Gasteiger partial charge in [-0.15, -0.1) is 11.6 Å². The molecule has 2 rings (SSSR count). The van der Waals surface area contributed by atoms with Crippen molar-refractivity contribution in [2.45, 2.75) is 12.5 Å². The summed E-state index contributed by atoms with van der Waals surface area (Å²) in [6.45, 7) is 0.377. The minimum absolute atomic E-state index is 0.377. The maximum Gasteiger partial charge on any atom is 0.164 e. The quantitative estimate of drug-likeness (QED) is 0.814. The van der Waals surface area contributed by atoms with E-state index in [4.69, 9.17) is 16.3 Å². The van der Waals surface area contributed by atoms with E-state index in [1.807, 2.05) is 25.2 Å². The van der Waals surface area contributed by atoms with Crippen LogP contribution in [-0.4, -0.2) is 14.8 Å². The van der Waals surface area contributed by atoms with E-state index in [1.165, 1.54) is 6.33 Å². The summed E-state index contributed by atoms with van der Waals surface area (Å²) in [5, 5.41) is 3.98. The van der Waals surface area contributed by atoms with Gasteiger partial charge < -0.3 is 4.74 Å². The predicted octanol–water partition coefficient (Wildman–Crippen LogP) is 2.90. The predicted molar refractivity (Wildman–Crippen MR) is 69.0 cm³/mol. The molecule has 1 aromatic carbocycles. The van der Waals surface area contributed by atoms with Crippen molar-refractivity contribution in [2.24, 2.45) is 7.05 Å². The van der Waals surface area contributed by atoms with Gasteiger partial charge in [-0.3, -0.25) is 4.68 Å². The number of hydrogen-bond donors (Lipinski definition) is 0. The van der Waals surface area contributed by atoms with E-state index in [2.05, 4.69) is 26.0 Å². The number of nitrogens with zero attached hydrogens (tertiary/aromatic N) is 3. The summed E-state index contributed by atoms with van der Waals surface area (Å²) in [6, 6.07) is 5.75. The second-order valence-corrected chi connectivity index (χ2v) is 4.66. The summed E-state index contributed by atoms with van der Waals surface area (Å²) in [6.07, 6.45) is 1.50. The molecule has 1 heterocycles. The fourth-order valence-electron chi connectivity index (χ4n) is 1.39. The molecular weight excluding hydrogens is 305 g/mol. The van der Waals surface area contributed by atoms with E-state index < -0.39 is 0 Å². The lowest BCUT2D eigenvalue weighted by atomic mass is 10.2. The number of ether oxygens (including phenoxy) is 1. The molecule has 0 saturated carbocycles. The Morgan fingerprint density at radius 3 is 2.94 bits per heavy atom. The number of rotatable bonds is 4. The molecule has 0 fully saturated rings. The second kappa shape index (κ2) is 5.51. The summed E-state index contributed by atoms with van der Waals surface area (Å²) < 4.78 is 8.34. The molecule has 0 radical (unpaired) electrons. The molecule has 0 aliphatic rings. The van der Waals surface area contributed by atoms with E-state index >= 15 is 0 Å². The topological polar surface area (TPSA) is 39.9 Å². The molecule has 0 saturated heterocycles. The normalized spacial score (nSPS) is 10.5. The van der Waals surface area contributed by atoms with E-state index in [1.54, 1.807) is 4.68 Å². The zero-order chi connectivity index (χ0) is 12.3. The molecule has 6 heteroatoms. The Kier molecular flexibility index (Phi) is 4.02. The van der Waals surface area contributed by atoms with Gasteiger partial charge in [-0.1, -0.05) is 15.9 Å². The molecule has 2 aromatic rings. The molecule has 17 heavy (non-hydrogen) atoms. The SMILES string of the molecule is Cn1ncnc1COc1ccc(Br)cc1CCl. The number of aryl methyl sites for hydroxylation is 1. The summed E-state index contributed by atoms with van der Waals surface area (Å²) in [4.78, 5) is 4.09. The third-order valence-electron chi connectivity index (χ3n) is 2.33. The molecule has 90 valence electrons. The van der Waals surface area contributed by atoms with E-state index in [0.717, 1.165) is 21.6 Å². The zero-order valence-corrected chi connectivity index (χ0v) is 11.6. The lowest BCUT2D eigenvalue weighted by Crippen LogP contribution is -2.05. The van der Waals surface area contributed by atoms with Gasteiger partial charge in [0.2, 0.25) is 0 Å². The van der Waals surface area contributed by atoms with Crippen molar-refractivity contribution in [3.63, 3.8) is 0 Å². The molecule has 0 N–H and O–H groups in total. The van der Waals surface area contributed by atoms with Crippen LogP contribution in [-0.2, 0) is 19.5 Å². The second-order valence-electron chi connectivity index (χ2n) is 3.47. The standard InChI is InChI=1S/C11H11BrClN3O/c1-16-11(14-7-15-16)6-17-10-3-2-9(12)4-8(10)5-13/h2-4,7H,5-6H2,1H3. The van der Waals surface area contributed by atoms with Crippen molar-refractivity contribution in [1.82, 2.24) is 14.8 Å². The molecule has 0 aliphatic carbocycles. The Morgan fingerprint density at radius 2 is 2.29 bits per heavy atom. The first-order chi connectivity index (χ1) is 8.20. The van der Waals surface area contributed by atoms with Crippen LogP contribution < -0.4 is 4.74 Å². The molecule has 0 atom stereocenters. The van der Waals surface area contributed by atoms with Crippen LogP contribution in [0, 0.1) is 0 Å². The largest absolute Gasteiger partial charge is 0.485 e. The van der Waals surface area contributed by atoms with Gasteiger partial charge in [0, 0.05) is 17.1 Å². The molecule has 1 aromatic heterocycles. The summed E-state index contributed by atoms with van der Waals surface area (Å²) >= 11 is 9.26. The highest BCUT2D eigenvalue weighted by Gasteiger charge is 2.06. The van der Waals surface area contributed by atoms with Crippen LogP contribution in [0.4, 0.5) is 0 Å². The highest BCUT2D eigenvalue weighted by atomic mass is 79.9. The Labute approximate surface area is 113 Å². The molecular formula is C11H11BrClN3O. The Balaban J connectivity index is 2.11. The Hall–Kier alpha value is -1.07. The first-order valence-electron chi connectivity index (χ1n) is 5.01. The highest BCUT2D eigenvalue weighted by molar-refractivity contribution is 9.10. The van der Waals surface area contributed by atoms with Crippen molar-refractivity contribution >= 4 is 27.5 Å². The van der Waals surface area contributed by atoms with Gasteiger partial charge in [0.1, 0.15) is 18.7 Å². The minimum atomic E-state index is 0.377. The third-order valence-corrected chi connectivity index (χ3v) is 3.11. The molecule has 4 nitrogen and oxygen atoms in total. The van der Waals surface area contributed by atoms with Gasteiger partial charge in [0.05, 0.1) is 5.88 Å². The van der Waals surface area contributed by atoms with Gasteiger partial charge in [0.25, 0.3) is 0 Å². The van der Waals surface area contributed by atoms with Crippen LogP contribution in [0.1, 0.15) is 11.4 Å². The van der Waals surface area contributed by atoms with Gasteiger partial charge in [0.15, 0.2) is 5.82 Å². The van der Waals surface area contributed by atoms with Crippen molar-refractivity contribution in [1.29, 1.82) is 0 Å². The maximum absolute atomic E-state index is 5.86. The van der Waals surface area contributed by atoms with Crippen LogP contribution in [0.15, 0.2) is 29.0 Å². The number of halogens is 2. The fourth-order valence-corrected chi connectivity index (χ4v) is 2.00. The zero-order valence-electron chi connectivity index (χ0n) is 9.23. The van der Waals surface area contributed by atoms with E-state index in [-0.39, 0.29) is 0 Å². The Bertz CT molecular complexity index is 515. The van der Waals surface area contributed by atoms with Crippen molar-refractivity contribution in [3.8, 4) is 5.75 Å². The average Bonchev–Trinajstić information content (AvgIpc) is 2.73. The van der Waals surface area contributed by atoms with Gasteiger partial charge in [-0.2, -0.15) is 5.10 Å². The van der Waals surface area contributed by atoms with Gasteiger partial charge >= 0.3 is 0 Å². The molecule has 0 spiro atoms. The molecule has 0 aliphatic heterocycles. The van der Waals surface area contributed by atoms with E-state index in [0.29, 0.717) is 12.5 Å². The first-order valence-corrected chi connectivity index (χ1v) is 6.33. The lowest BCUT2D eigenvalue weighted by molar-refractivity contribution is 0.287. The van der Waals surface area contributed by atoms with Gasteiger partial charge in [-0.05, 0) is 18.2 Å². The molecule has 0 unspecified atom stereocenters. The molecule has 0 amide bonds. The summed E-state index contributed by atoms with van der Waals surface area (Å²) in [5.41, 5.74) is 0.947. The minimum Gasteiger partial charge on any atom is -0.485 e. The van der Waals surface area contributed by atoms with Crippen molar-refractivity contribution in [2.75, 3.05) is 0 Å². The van der Waals surface area contributed by atoms with Crippen LogP contribution in [0.5, 0.6) is 5.75 Å². The number of aromatic nitrogens is 3. The smallest absolute Gasteiger partial charge is 0.164 e. The number of benzene rings is 1. The first kappa shape index (κ1) is 12.4. The summed E-state index contributed by atoms with van der Waals surface area (Å²) in [5.74, 6) is 1.95. The van der Waals surface area contributed by atoms with Crippen molar-refractivity contribution in [3.05, 3.63) is 40.4 Å². The number of hydrogen-bond acceptors (Lipinski definition) is 3.